The Balaban J connectivity index is 1.86. The Kier molecular flexibility index (Phi) is 5.81. The number of nitrogens with zero attached hydrogens (tertiary/aromatic N) is 2. The molecule has 23 heavy (non-hydrogen) atoms. The minimum absolute atomic E-state index is 0.291. The molecule has 1 N–H and O–H groups in total. The van der Waals surface area contributed by atoms with Crippen molar-refractivity contribution >= 4 is 6.03 Å². The monoisotopic (exact) mass is 333 g/mol. The highest BCUT2D eigenvalue weighted by molar-refractivity contribution is 5.74. The molecule has 4 nitrogen and oxygen atoms in total. The molecule has 0 aromatic heterocycles. The molecule has 0 spiro atoms. The van der Waals surface area contributed by atoms with Crippen LogP contribution in [0.15, 0.2) is 18.2 Å². The zero-order valence-corrected chi connectivity index (χ0v) is 12.7. The second-order valence-corrected chi connectivity index (χ2v) is 5.52. The first-order valence-corrected chi connectivity index (χ1v) is 7.37. The van der Waals surface area contributed by atoms with Crippen molar-refractivity contribution in [3.05, 3.63) is 35.4 Å². The fourth-order valence-electron chi connectivity index (χ4n) is 2.47. The summed E-state index contributed by atoms with van der Waals surface area (Å²) in [4.78, 5) is 15.3. The Labute approximate surface area is 132 Å². The summed E-state index contributed by atoms with van der Waals surface area (Å²) in [6, 6.07) is 2.62. The van der Waals surface area contributed by atoms with E-state index in [4.69, 9.17) is 0 Å². The molecule has 1 aliphatic rings. The van der Waals surface area contributed by atoms with Gasteiger partial charge >= 0.3 is 6.03 Å². The van der Waals surface area contributed by atoms with Crippen molar-refractivity contribution in [3.8, 4) is 0 Å². The van der Waals surface area contributed by atoms with Crippen LogP contribution in [0.2, 0.25) is 0 Å². The van der Waals surface area contributed by atoms with Gasteiger partial charge in [-0.15, -0.1) is 0 Å². The fourth-order valence-corrected chi connectivity index (χ4v) is 2.47. The van der Waals surface area contributed by atoms with Crippen molar-refractivity contribution in [1.29, 1.82) is 0 Å². The Morgan fingerprint density at radius 3 is 2.39 bits per heavy atom. The molecule has 8 heteroatoms. The molecule has 2 amide bonds. The van der Waals surface area contributed by atoms with Crippen molar-refractivity contribution in [2.45, 2.75) is 19.4 Å². The maximum atomic E-state index is 13.2. The minimum atomic E-state index is -2.39. The number of benzene rings is 1. The number of carbonyl (C=O) groups excluding carboxylic acids is 1. The summed E-state index contributed by atoms with van der Waals surface area (Å²) in [5, 5.41) is 2.70. The SMILES string of the molecule is C[C@H](NC(=O)N1CCN(CC(F)F)CC1)c1ccc(F)c(F)c1. The van der Waals surface area contributed by atoms with Gasteiger partial charge < -0.3 is 10.2 Å². The van der Waals surface area contributed by atoms with E-state index in [0.717, 1.165) is 12.1 Å². The number of hydrogen-bond acceptors (Lipinski definition) is 2. The first-order chi connectivity index (χ1) is 10.9. The maximum Gasteiger partial charge on any atom is 0.317 e. The summed E-state index contributed by atoms with van der Waals surface area (Å²) in [6.07, 6.45) is -2.39. The molecule has 1 saturated heterocycles. The third-order valence-corrected chi connectivity index (χ3v) is 3.84. The minimum Gasteiger partial charge on any atom is -0.331 e. The lowest BCUT2D eigenvalue weighted by Crippen LogP contribution is -2.52. The summed E-state index contributed by atoms with van der Waals surface area (Å²) < 4.78 is 50.7. The van der Waals surface area contributed by atoms with E-state index in [1.807, 2.05) is 0 Å². The van der Waals surface area contributed by atoms with Gasteiger partial charge in [-0.25, -0.2) is 22.4 Å². The number of carbonyl (C=O) groups is 1. The smallest absolute Gasteiger partial charge is 0.317 e. The molecule has 128 valence electrons. The molecular weight excluding hydrogens is 314 g/mol. The second-order valence-electron chi connectivity index (χ2n) is 5.52. The number of urea groups is 1. The first kappa shape index (κ1) is 17.5. The van der Waals surface area contributed by atoms with Crippen LogP contribution in [-0.4, -0.2) is 55.0 Å². The van der Waals surface area contributed by atoms with Gasteiger partial charge in [0.2, 0.25) is 0 Å². The van der Waals surface area contributed by atoms with E-state index in [0.29, 0.717) is 31.7 Å². The molecule has 0 radical (unpaired) electrons. The number of halogens is 4. The third kappa shape index (κ3) is 4.82. The van der Waals surface area contributed by atoms with Crippen molar-refractivity contribution in [1.82, 2.24) is 15.1 Å². The number of amides is 2. The molecular formula is C15H19F4N3O. The number of rotatable bonds is 4. The zero-order valence-electron chi connectivity index (χ0n) is 12.7. The van der Waals surface area contributed by atoms with Gasteiger partial charge in [-0.1, -0.05) is 6.07 Å². The molecule has 0 saturated carbocycles. The van der Waals surface area contributed by atoms with Crippen molar-refractivity contribution < 1.29 is 22.4 Å². The van der Waals surface area contributed by atoms with Gasteiger partial charge in [0, 0.05) is 26.2 Å². The number of nitrogens with one attached hydrogen (secondary N) is 1. The largest absolute Gasteiger partial charge is 0.331 e. The van der Waals surface area contributed by atoms with Crippen LogP contribution in [0.4, 0.5) is 22.4 Å². The summed E-state index contributed by atoms with van der Waals surface area (Å²) in [5.74, 6) is -1.91. The van der Waals surface area contributed by atoms with Crippen LogP contribution in [0.25, 0.3) is 0 Å². The van der Waals surface area contributed by atoms with Crippen LogP contribution in [0.3, 0.4) is 0 Å². The molecule has 0 bridgehead atoms. The fraction of sp³-hybridized carbons (Fsp3) is 0.533. The van der Waals surface area contributed by atoms with Crippen molar-refractivity contribution in [2.75, 3.05) is 32.7 Å². The van der Waals surface area contributed by atoms with Gasteiger partial charge in [0.25, 0.3) is 6.43 Å². The van der Waals surface area contributed by atoms with Crippen LogP contribution in [-0.2, 0) is 0 Å². The quantitative estimate of drug-likeness (QED) is 0.860. The highest BCUT2D eigenvalue weighted by atomic mass is 19.3. The average Bonchev–Trinajstić information content (AvgIpc) is 2.50. The Bertz CT molecular complexity index is 548. The topological polar surface area (TPSA) is 35.6 Å². The molecule has 1 aromatic carbocycles. The lowest BCUT2D eigenvalue weighted by Gasteiger charge is -2.35. The van der Waals surface area contributed by atoms with Gasteiger partial charge in [-0.3, -0.25) is 4.90 Å². The van der Waals surface area contributed by atoms with Crippen molar-refractivity contribution in [2.24, 2.45) is 0 Å². The average molecular weight is 333 g/mol. The summed E-state index contributed by atoms with van der Waals surface area (Å²) in [7, 11) is 0. The lowest BCUT2D eigenvalue weighted by molar-refractivity contribution is 0.0633. The molecule has 0 unspecified atom stereocenters. The Morgan fingerprint density at radius 2 is 1.83 bits per heavy atom. The third-order valence-electron chi connectivity index (χ3n) is 3.84. The standard InChI is InChI=1S/C15H19F4N3O/c1-10(11-2-3-12(16)13(17)8-11)20-15(23)22-6-4-21(5-7-22)9-14(18)19/h2-3,8,10,14H,4-7,9H2,1H3,(H,20,23)/t10-/m0/s1. The second kappa shape index (κ2) is 7.63. The van der Waals surface area contributed by atoms with Gasteiger partial charge in [0.15, 0.2) is 11.6 Å². The number of alkyl halides is 2. The summed E-state index contributed by atoms with van der Waals surface area (Å²) in [6.45, 7) is 2.85. The number of piperazine rings is 1. The van der Waals surface area contributed by atoms with E-state index >= 15 is 0 Å². The lowest BCUT2D eigenvalue weighted by atomic mass is 10.1. The normalized spacial score (nSPS) is 17.4. The van der Waals surface area contributed by atoms with Gasteiger partial charge in [-0.05, 0) is 24.6 Å². The molecule has 1 aliphatic heterocycles. The van der Waals surface area contributed by atoms with Crippen LogP contribution in [0.1, 0.15) is 18.5 Å². The predicted molar refractivity (Wildman–Crippen MR) is 77.3 cm³/mol. The molecule has 0 aliphatic carbocycles. The molecule has 1 aromatic rings. The van der Waals surface area contributed by atoms with E-state index in [-0.39, 0.29) is 12.6 Å². The van der Waals surface area contributed by atoms with Crippen LogP contribution < -0.4 is 5.32 Å². The van der Waals surface area contributed by atoms with Crippen molar-refractivity contribution in [3.63, 3.8) is 0 Å². The molecule has 1 heterocycles. The summed E-state index contributed by atoms with van der Waals surface area (Å²) >= 11 is 0. The van der Waals surface area contributed by atoms with E-state index in [2.05, 4.69) is 5.32 Å². The molecule has 1 fully saturated rings. The van der Waals surface area contributed by atoms with E-state index in [1.165, 1.54) is 11.0 Å². The van der Waals surface area contributed by atoms with E-state index in [1.54, 1.807) is 11.8 Å². The molecule has 1 atom stereocenters. The van der Waals surface area contributed by atoms with Gasteiger partial charge in [0.05, 0.1) is 12.6 Å². The Morgan fingerprint density at radius 1 is 1.17 bits per heavy atom. The predicted octanol–water partition coefficient (Wildman–Crippen LogP) is 2.62. The van der Waals surface area contributed by atoms with Crippen LogP contribution >= 0.6 is 0 Å². The van der Waals surface area contributed by atoms with Gasteiger partial charge in [0.1, 0.15) is 0 Å². The Hall–Kier alpha value is -1.83. The molecule has 2 rings (SSSR count). The highest BCUT2D eigenvalue weighted by Gasteiger charge is 2.24. The summed E-state index contributed by atoms with van der Waals surface area (Å²) in [5.41, 5.74) is 0.452. The van der Waals surface area contributed by atoms with E-state index < -0.39 is 24.1 Å². The first-order valence-electron chi connectivity index (χ1n) is 7.37. The highest BCUT2D eigenvalue weighted by Crippen LogP contribution is 2.16. The maximum absolute atomic E-state index is 13.2. The van der Waals surface area contributed by atoms with E-state index in [9.17, 15) is 22.4 Å². The van der Waals surface area contributed by atoms with Crippen LogP contribution in [0.5, 0.6) is 0 Å². The zero-order chi connectivity index (χ0) is 17.0. The van der Waals surface area contributed by atoms with Gasteiger partial charge in [-0.2, -0.15) is 0 Å². The number of hydrogen-bond donors (Lipinski definition) is 1. The van der Waals surface area contributed by atoms with Crippen LogP contribution in [0, 0.1) is 11.6 Å².